The number of aromatic nitrogens is 4. The summed E-state index contributed by atoms with van der Waals surface area (Å²) in [7, 11) is 0. The molecule has 1 fully saturated rings. The molecule has 1 N–H and O–H groups in total. The van der Waals surface area contributed by atoms with Crippen molar-refractivity contribution in [1.82, 2.24) is 19.6 Å². The van der Waals surface area contributed by atoms with Gasteiger partial charge in [0.2, 0.25) is 0 Å². The maximum atomic E-state index is 12.7. The van der Waals surface area contributed by atoms with Gasteiger partial charge in [-0.05, 0) is 32.6 Å². The number of carboxylic acids is 1. The van der Waals surface area contributed by atoms with E-state index in [9.17, 15) is 14.7 Å². The Labute approximate surface area is 127 Å². The number of rotatable bonds is 4. The van der Waals surface area contributed by atoms with Crippen molar-refractivity contribution in [2.24, 2.45) is 0 Å². The van der Waals surface area contributed by atoms with E-state index in [0.717, 1.165) is 0 Å². The van der Waals surface area contributed by atoms with Crippen molar-refractivity contribution in [3.8, 4) is 0 Å². The van der Waals surface area contributed by atoms with Crippen LogP contribution in [0.2, 0.25) is 0 Å². The van der Waals surface area contributed by atoms with Crippen molar-refractivity contribution in [3.05, 3.63) is 22.2 Å². The van der Waals surface area contributed by atoms with Crippen molar-refractivity contribution in [2.75, 3.05) is 0 Å². The molecule has 0 amide bonds. The summed E-state index contributed by atoms with van der Waals surface area (Å²) in [4.78, 5) is 24.3. The van der Waals surface area contributed by atoms with Crippen LogP contribution in [0.3, 0.4) is 0 Å². The number of carboxylic acid groups (broad SMARTS) is 1. The molecular weight excluding hydrogens is 284 g/mol. The molecule has 118 valence electrons. The topological polar surface area (TPSA) is 90.0 Å². The maximum absolute atomic E-state index is 12.7. The molecule has 1 saturated carbocycles. The molecule has 3 rings (SSSR count). The third-order valence-corrected chi connectivity index (χ3v) is 4.21. The average Bonchev–Trinajstić information content (AvgIpc) is 3.10. The second kappa shape index (κ2) is 4.66. The van der Waals surface area contributed by atoms with Gasteiger partial charge in [0.05, 0.1) is 11.1 Å². The first-order valence-electron chi connectivity index (χ1n) is 7.54. The molecular formula is C15H20N4O3. The number of hydrogen-bond acceptors (Lipinski definition) is 4. The van der Waals surface area contributed by atoms with Gasteiger partial charge in [0, 0.05) is 12.2 Å². The first-order chi connectivity index (χ1) is 10.3. The van der Waals surface area contributed by atoms with Crippen LogP contribution in [0.15, 0.2) is 11.0 Å². The molecule has 2 aromatic rings. The number of fused-ring (bicyclic) bond motifs is 1. The molecule has 7 nitrogen and oxygen atoms in total. The standard InChI is InChI=1S/C15H20N4O3/c1-8(2)11-12-10(7-18(16-12)9(3)4)13(20)19(17-11)15(5-6-15)14(21)22/h7-9H,5-6H2,1-4H3,(H,21,22). The van der Waals surface area contributed by atoms with Crippen molar-refractivity contribution in [2.45, 2.75) is 58.0 Å². The van der Waals surface area contributed by atoms with Crippen LogP contribution < -0.4 is 5.56 Å². The highest BCUT2D eigenvalue weighted by Gasteiger charge is 2.54. The molecule has 2 aromatic heterocycles. The molecule has 7 heteroatoms. The quantitative estimate of drug-likeness (QED) is 0.931. The van der Waals surface area contributed by atoms with E-state index in [2.05, 4.69) is 10.2 Å². The van der Waals surface area contributed by atoms with E-state index < -0.39 is 11.5 Å². The maximum Gasteiger partial charge on any atom is 0.331 e. The van der Waals surface area contributed by atoms with Crippen molar-refractivity contribution >= 4 is 16.9 Å². The molecule has 0 unspecified atom stereocenters. The normalized spacial score (nSPS) is 16.6. The largest absolute Gasteiger partial charge is 0.479 e. The predicted octanol–water partition coefficient (Wildman–Crippen LogP) is 1.87. The van der Waals surface area contributed by atoms with Gasteiger partial charge in [-0.1, -0.05) is 13.8 Å². The van der Waals surface area contributed by atoms with Crippen LogP contribution in [-0.2, 0) is 10.3 Å². The van der Waals surface area contributed by atoms with Gasteiger partial charge >= 0.3 is 5.97 Å². The zero-order valence-corrected chi connectivity index (χ0v) is 13.2. The summed E-state index contributed by atoms with van der Waals surface area (Å²) < 4.78 is 2.89. The predicted molar refractivity (Wildman–Crippen MR) is 81.1 cm³/mol. The molecule has 0 spiro atoms. The van der Waals surface area contributed by atoms with Gasteiger partial charge in [-0.25, -0.2) is 9.48 Å². The molecule has 2 heterocycles. The molecule has 0 aromatic carbocycles. The Morgan fingerprint density at radius 3 is 2.36 bits per heavy atom. The summed E-state index contributed by atoms with van der Waals surface area (Å²) in [5.41, 5.74) is -0.298. The lowest BCUT2D eigenvalue weighted by atomic mass is 10.1. The van der Waals surface area contributed by atoms with Crippen LogP contribution in [0.1, 0.15) is 58.2 Å². The Hall–Kier alpha value is -2.18. The van der Waals surface area contributed by atoms with Crippen LogP contribution in [0.4, 0.5) is 0 Å². The monoisotopic (exact) mass is 304 g/mol. The minimum atomic E-state index is -1.17. The minimum absolute atomic E-state index is 0.0504. The Morgan fingerprint density at radius 2 is 1.91 bits per heavy atom. The first kappa shape index (κ1) is 14.7. The van der Waals surface area contributed by atoms with Crippen LogP contribution >= 0.6 is 0 Å². The lowest BCUT2D eigenvalue weighted by Gasteiger charge is -2.15. The first-order valence-corrected chi connectivity index (χ1v) is 7.54. The van der Waals surface area contributed by atoms with E-state index in [-0.39, 0.29) is 17.5 Å². The zero-order valence-electron chi connectivity index (χ0n) is 13.2. The Bertz CT molecular complexity index is 812. The van der Waals surface area contributed by atoms with E-state index in [1.165, 1.54) is 4.68 Å². The molecule has 1 aliphatic rings. The van der Waals surface area contributed by atoms with Crippen LogP contribution in [0.25, 0.3) is 10.9 Å². The van der Waals surface area contributed by atoms with Gasteiger partial charge < -0.3 is 5.11 Å². The second-order valence-corrected chi connectivity index (χ2v) is 6.56. The highest BCUT2D eigenvalue weighted by molar-refractivity contribution is 5.82. The van der Waals surface area contributed by atoms with E-state index in [0.29, 0.717) is 29.4 Å². The summed E-state index contributed by atoms with van der Waals surface area (Å²) in [6, 6.07) is 0.120. The SMILES string of the molecule is CC(C)c1nn(C2(C(=O)O)CC2)c(=O)c2cn(C(C)C)nc12. The summed E-state index contributed by atoms with van der Waals surface area (Å²) in [5.74, 6) is -0.943. The van der Waals surface area contributed by atoms with E-state index in [1.807, 2.05) is 27.7 Å². The lowest BCUT2D eigenvalue weighted by molar-refractivity contribution is -0.143. The highest BCUT2D eigenvalue weighted by Crippen LogP contribution is 2.42. The van der Waals surface area contributed by atoms with E-state index in [4.69, 9.17) is 0 Å². The molecule has 0 atom stereocenters. The lowest BCUT2D eigenvalue weighted by Crippen LogP contribution is -2.39. The molecule has 0 saturated heterocycles. The summed E-state index contributed by atoms with van der Waals surface area (Å²) in [6.07, 6.45) is 2.58. The summed E-state index contributed by atoms with van der Waals surface area (Å²) in [6.45, 7) is 7.88. The van der Waals surface area contributed by atoms with Gasteiger partial charge in [-0.3, -0.25) is 9.48 Å². The van der Waals surface area contributed by atoms with Crippen LogP contribution in [0, 0.1) is 0 Å². The second-order valence-electron chi connectivity index (χ2n) is 6.56. The smallest absolute Gasteiger partial charge is 0.331 e. The van der Waals surface area contributed by atoms with E-state index in [1.54, 1.807) is 10.9 Å². The van der Waals surface area contributed by atoms with Crippen molar-refractivity contribution < 1.29 is 9.90 Å². The number of hydrogen-bond donors (Lipinski definition) is 1. The molecule has 22 heavy (non-hydrogen) atoms. The molecule has 1 aliphatic carbocycles. The van der Waals surface area contributed by atoms with Gasteiger partial charge in [0.1, 0.15) is 5.52 Å². The number of aliphatic carboxylic acids is 1. The van der Waals surface area contributed by atoms with Gasteiger partial charge in [0.25, 0.3) is 5.56 Å². The average molecular weight is 304 g/mol. The van der Waals surface area contributed by atoms with Crippen LogP contribution in [0.5, 0.6) is 0 Å². The Balaban J connectivity index is 2.34. The van der Waals surface area contributed by atoms with Crippen LogP contribution in [-0.4, -0.2) is 30.6 Å². The third kappa shape index (κ3) is 1.95. The fourth-order valence-corrected chi connectivity index (χ4v) is 2.63. The summed E-state index contributed by atoms with van der Waals surface area (Å²) >= 11 is 0. The Kier molecular flexibility index (Phi) is 3.12. The van der Waals surface area contributed by atoms with Gasteiger partial charge in [-0.15, -0.1) is 0 Å². The highest BCUT2D eigenvalue weighted by atomic mass is 16.4. The molecule has 0 bridgehead atoms. The fourth-order valence-electron chi connectivity index (χ4n) is 2.63. The minimum Gasteiger partial charge on any atom is -0.479 e. The van der Waals surface area contributed by atoms with Crippen molar-refractivity contribution in [1.29, 1.82) is 0 Å². The zero-order chi connectivity index (χ0) is 16.2. The summed E-state index contributed by atoms with van der Waals surface area (Å²) in [5, 5.41) is 18.8. The number of carbonyl (C=O) groups is 1. The van der Waals surface area contributed by atoms with Crippen molar-refractivity contribution in [3.63, 3.8) is 0 Å². The van der Waals surface area contributed by atoms with E-state index >= 15 is 0 Å². The molecule has 0 radical (unpaired) electrons. The van der Waals surface area contributed by atoms with Gasteiger partial charge in [-0.2, -0.15) is 10.2 Å². The number of nitrogens with zero attached hydrogens (tertiary/aromatic N) is 4. The molecule has 0 aliphatic heterocycles. The van der Waals surface area contributed by atoms with Gasteiger partial charge in [0.15, 0.2) is 5.54 Å². The fraction of sp³-hybridized carbons (Fsp3) is 0.600. The Morgan fingerprint density at radius 1 is 1.27 bits per heavy atom. The third-order valence-electron chi connectivity index (χ3n) is 4.21.